The molecule has 3 nitrogen and oxygen atoms in total. The lowest BCUT2D eigenvalue weighted by Crippen LogP contribution is -2.09. The van der Waals surface area contributed by atoms with E-state index >= 15 is 0 Å². The van der Waals surface area contributed by atoms with Crippen molar-refractivity contribution in [3.8, 4) is 17.0 Å². The van der Waals surface area contributed by atoms with Crippen molar-refractivity contribution < 1.29 is 9.53 Å². The van der Waals surface area contributed by atoms with Crippen molar-refractivity contribution in [2.24, 2.45) is 0 Å². The van der Waals surface area contributed by atoms with Gasteiger partial charge in [0.15, 0.2) is 0 Å². The van der Waals surface area contributed by atoms with Crippen LogP contribution in [0.2, 0.25) is 0 Å². The van der Waals surface area contributed by atoms with Crippen molar-refractivity contribution >= 4 is 21.9 Å². The van der Waals surface area contributed by atoms with Crippen LogP contribution in [-0.4, -0.2) is 11.0 Å². The number of benzene rings is 2. The molecular formula is C18H12BrNO2. The zero-order valence-electron chi connectivity index (χ0n) is 11.6. The van der Waals surface area contributed by atoms with E-state index in [1.807, 2.05) is 36.4 Å². The minimum Gasteiger partial charge on any atom is -0.422 e. The lowest BCUT2D eigenvalue weighted by Gasteiger charge is -2.11. The summed E-state index contributed by atoms with van der Waals surface area (Å²) in [6.45, 7) is 0. The lowest BCUT2D eigenvalue weighted by molar-refractivity contribution is 0.0735. The van der Waals surface area contributed by atoms with Crippen LogP contribution in [0.5, 0.6) is 5.75 Å². The fourth-order valence-corrected chi connectivity index (χ4v) is 2.63. The Bertz CT molecular complexity index is 789. The summed E-state index contributed by atoms with van der Waals surface area (Å²) in [6.07, 6.45) is 1.71. The van der Waals surface area contributed by atoms with Crippen LogP contribution in [0.1, 0.15) is 10.4 Å². The van der Waals surface area contributed by atoms with Crippen LogP contribution in [0.25, 0.3) is 11.3 Å². The van der Waals surface area contributed by atoms with Gasteiger partial charge in [-0.25, -0.2) is 4.79 Å². The Hall–Kier alpha value is -2.46. The summed E-state index contributed by atoms with van der Waals surface area (Å²) in [5.41, 5.74) is 2.01. The number of pyridine rings is 1. The number of esters is 1. The highest BCUT2D eigenvalue weighted by Gasteiger charge is 2.15. The van der Waals surface area contributed by atoms with E-state index < -0.39 is 5.97 Å². The average Bonchev–Trinajstić information content (AvgIpc) is 2.56. The molecule has 3 aromatic rings. The molecule has 0 aliphatic carbocycles. The van der Waals surface area contributed by atoms with Crippen LogP contribution in [0, 0.1) is 0 Å². The van der Waals surface area contributed by atoms with E-state index in [2.05, 4.69) is 20.9 Å². The zero-order chi connectivity index (χ0) is 15.4. The van der Waals surface area contributed by atoms with Gasteiger partial charge in [0, 0.05) is 10.7 Å². The molecule has 0 saturated heterocycles. The second kappa shape index (κ2) is 6.54. The highest BCUT2D eigenvalue weighted by atomic mass is 79.9. The van der Waals surface area contributed by atoms with Crippen molar-refractivity contribution in [2.45, 2.75) is 0 Å². The van der Waals surface area contributed by atoms with Crippen molar-refractivity contribution in [3.05, 3.63) is 83.0 Å². The first-order valence-electron chi connectivity index (χ1n) is 6.73. The van der Waals surface area contributed by atoms with Crippen LogP contribution in [-0.2, 0) is 0 Å². The molecule has 0 spiro atoms. The molecule has 0 saturated carbocycles. The summed E-state index contributed by atoms with van der Waals surface area (Å²) in [7, 11) is 0. The number of carbonyl (C=O) groups excluding carboxylic acids is 1. The molecule has 0 fully saturated rings. The highest BCUT2D eigenvalue weighted by Crippen LogP contribution is 2.35. The summed E-state index contributed by atoms with van der Waals surface area (Å²) in [5, 5.41) is 0. The van der Waals surface area contributed by atoms with Gasteiger partial charge in [-0.15, -0.1) is 0 Å². The first-order chi connectivity index (χ1) is 10.8. The summed E-state index contributed by atoms with van der Waals surface area (Å²) < 4.78 is 6.38. The van der Waals surface area contributed by atoms with Gasteiger partial charge in [0.25, 0.3) is 0 Å². The largest absolute Gasteiger partial charge is 0.422 e. The Kier molecular flexibility index (Phi) is 4.30. The maximum Gasteiger partial charge on any atom is 0.343 e. The molecule has 1 aromatic heterocycles. The van der Waals surface area contributed by atoms with Crippen molar-refractivity contribution in [2.75, 3.05) is 0 Å². The van der Waals surface area contributed by atoms with Gasteiger partial charge in [-0.2, -0.15) is 0 Å². The molecule has 0 bridgehead atoms. The number of nitrogens with zero attached hydrogens (tertiary/aromatic N) is 1. The summed E-state index contributed by atoms with van der Waals surface area (Å²) >= 11 is 3.50. The predicted octanol–water partition coefficient (Wildman–Crippen LogP) is 4.73. The van der Waals surface area contributed by atoms with Gasteiger partial charge in [0.05, 0.1) is 16.8 Å². The number of hydrogen-bond acceptors (Lipinski definition) is 3. The van der Waals surface area contributed by atoms with E-state index in [1.54, 1.807) is 36.5 Å². The topological polar surface area (TPSA) is 39.2 Å². The third kappa shape index (κ3) is 3.07. The monoisotopic (exact) mass is 353 g/mol. The van der Waals surface area contributed by atoms with Gasteiger partial charge < -0.3 is 4.74 Å². The number of halogens is 1. The maximum atomic E-state index is 12.3. The molecule has 4 heteroatoms. The van der Waals surface area contributed by atoms with Crippen LogP contribution < -0.4 is 4.74 Å². The third-order valence-corrected chi connectivity index (χ3v) is 3.77. The third-order valence-electron chi connectivity index (χ3n) is 3.11. The van der Waals surface area contributed by atoms with Gasteiger partial charge in [-0.1, -0.05) is 30.3 Å². The average molecular weight is 354 g/mol. The minimum atomic E-state index is -0.393. The first-order valence-corrected chi connectivity index (χ1v) is 7.52. The predicted molar refractivity (Wildman–Crippen MR) is 88.8 cm³/mol. The minimum absolute atomic E-state index is 0.393. The van der Waals surface area contributed by atoms with Gasteiger partial charge in [-0.05, 0) is 52.3 Å². The zero-order valence-corrected chi connectivity index (χ0v) is 13.2. The Morgan fingerprint density at radius 2 is 1.68 bits per heavy atom. The Balaban J connectivity index is 1.98. The number of ether oxygens (including phenoxy) is 1. The molecule has 1 heterocycles. The second-order valence-electron chi connectivity index (χ2n) is 4.58. The van der Waals surface area contributed by atoms with Crippen LogP contribution in [0.4, 0.5) is 0 Å². The molecule has 3 rings (SSSR count). The number of aromatic nitrogens is 1. The fourth-order valence-electron chi connectivity index (χ4n) is 2.08. The smallest absolute Gasteiger partial charge is 0.343 e. The summed E-state index contributed by atoms with van der Waals surface area (Å²) in [5.74, 6) is 0.0813. The molecule has 0 atom stereocenters. The van der Waals surface area contributed by atoms with E-state index in [4.69, 9.17) is 4.74 Å². The van der Waals surface area contributed by atoms with E-state index in [-0.39, 0.29) is 0 Å². The van der Waals surface area contributed by atoms with Crippen LogP contribution >= 0.6 is 15.9 Å². The Morgan fingerprint density at radius 1 is 0.909 bits per heavy atom. The number of rotatable bonds is 3. The van der Waals surface area contributed by atoms with Gasteiger partial charge in [0.1, 0.15) is 5.75 Å². The van der Waals surface area contributed by atoms with E-state index in [0.717, 1.165) is 15.7 Å². The standard InChI is InChI=1S/C18H12BrNO2/c19-14-9-6-11-16(17(14)15-10-4-5-12-20-15)22-18(21)13-7-2-1-3-8-13/h1-12H. The molecule has 0 aliphatic rings. The molecular weight excluding hydrogens is 342 g/mol. The molecule has 0 amide bonds. The maximum absolute atomic E-state index is 12.3. The highest BCUT2D eigenvalue weighted by molar-refractivity contribution is 9.10. The lowest BCUT2D eigenvalue weighted by atomic mass is 10.1. The molecule has 0 aliphatic heterocycles. The molecule has 0 unspecified atom stereocenters. The van der Waals surface area contributed by atoms with E-state index in [0.29, 0.717) is 11.3 Å². The van der Waals surface area contributed by atoms with Gasteiger partial charge in [-0.3, -0.25) is 4.98 Å². The number of hydrogen-bond donors (Lipinski definition) is 0. The van der Waals surface area contributed by atoms with Crippen LogP contribution in [0.3, 0.4) is 0 Å². The fraction of sp³-hybridized carbons (Fsp3) is 0. The van der Waals surface area contributed by atoms with Gasteiger partial charge >= 0.3 is 5.97 Å². The summed E-state index contributed by atoms with van der Waals surface area (Å²) in [6, 6.07) is 20.0. The SMILES string of the molecule is O=C(Oc1cccc(Br)c1-c1ccccn1)c1ccccc1. The van der Waals surface area contributed by atoms with Gasteiger partial charge in [0.2, 0.25) is 0 Å². The molecule has 0 radical (unpaired) electrons. The molecule has 22 heavy (non-hydrogen) atoms. The normalized spacial score (nSPS) is 10.2. The molecule has 0 N–H and O–H groups in total. The molecule has 108 valence electrons. The molecule has 2 aromatic carbocycles. The second-order valence-corrected chi connectivity index (χ2v) is 5.44. The quantitative estimate of drug-likeness (QED) is 0.504. The Morgan fingerprint density at radius 3 is 2.41 bits per heavy atom. The van der Waals surface area contributed by atoms with E-state index in [1.165, 1.54) is 0 Å². The van der Waals surface area contributed by atoms with Crippen molar-refractivity contribution in [1.29, 1.82) is 0 Å². The first kappa shape index (κ1) is 14.5. The van der Waals surface area contributed by atoms with Crippen LogP contribution in [0.15, 0.2) is 77.4 Å². The number of carbonyl (C=O) groups is 1. The van der Waals surface area contributed by atoms with Crippen molar-refractivity contribution in [3.63, 3.8) is 0 Å². The Labute approximate surface area is 136 Å². The summed E-state index contributed by atoms with van der Waals surface area (Å²) in [4.78, 5) is 16.6. The van der Waals surface area contributed by atoms with Crippen molar-refractivity contribution in [1.82, 2.24) is 4.98 Å². The van der Waals surface area contributed by atoms with E-state index in [9.17, 15) is 4.79 Å².